The van der Waals surface area contributed by atoms with Gasteiger partial charge in [-0.15, -0.1) is 4.67 Å². The van der Waals surface area contributed by atoms with Gasteiger partial charge in [-0.2, -0.15) is 0 Å². The van der Waals surface area contributed by atoms with Crippen LogP contribution >= 0.6 is 7.60 Å². The maximum atomic E-state index is 10.4. The second-order valence-electron chi connectivity index (χ2n) is 1.30. The molecule has 9 heavy (non-hydrogen) atoms. The summed E-state index contributed by atoms with van der Waals surface area (Å²) in [6, 6.07) is 0. The van der Waals surface area contributed by atoms with Crippen LogP contribution in [0, 0.1) is 0 Å². The van der Waals surface area contributed by atoms with Crippen molar-refractivity contribution in [3.63, 3.8) is 0 Å². The number of hydrogen-bond acceptors (Lipinski definition) is 4. The molecule has 0 aliphatic rings. The lowest BCUT2D eigenvalue weighted by molar-refractivity contribution is -0.208. The standard InChI is InChI=1S/C3H10NO4P/c1-2-7-8-9(5,6)3-4/h2-4H2,1H3,(H,5,6). The van der Waals surface area contributed by atoms with E-state index in [1.807, 2.05) is 0 Å². The highest BCUT2D eigenvalue weighted by Crippen LogP contribution is 2.39. The topological polar surface area (TPSA) is 81.8 Å². The van der Waals surface area contributed by atoms with E-state index < -0.39 is 13.9 Å². The molecule has 0 spiro atoms. The Morgan fingerprint density at radius 3 is 2.67 bits per heavy atom. The van der Waals surface area contributed by atoms with Crippen molar-refractivity contribution >= 4 is 7.60 Å². The Balaban J connectivity index is 3.46. The molecule has 6 heteroatoms. The molecule has 5 nitrogen and oxygen atoms in total. The molecule has 0 saturated carbocycles. The Hall–Kier alpha value is 0.0700. The third kappa shape index (κ3) is 4.57. The maximum Gasteiger partial charge on any atom is 0.368 e. The van der Waals surface area contributed by atoms with Crippen molar-refractivity contribution in [1.29, 1.82) is 0 Å². The Labute approximate surface area is 53.2 Å². The Morgan fingerprint density at radius 2 is 2.33 bits per heavy atom. The second kappa shape index (κ2) is 3.98. The summed E-state index contributed by atoms with van der Waals surface area (Å²) in [7, 11) is -3.63. The molecule has 0 aromatic carbocycles. The summed E-state index contributed by atoms with van der Waals surface area (Å²) >= 11 is 0. The van der Waals surface area contributed by atoms with E-state index in [0.29, 0.717) is 0 Å². The lowest BCUT2D eigenvalue weighted by Gasteiger charge is -2.05. The molecule has 0 heterocycles. The van der Waals surface area contributed by atoms with Crippen LogP contribution in [0.5, 0.6) is 0 Å². The van der Waals surface area contributed by atoms with E-state index in [1.165, 1.54) is 0 Å². The van der Waals surface area contributed by atoms with E-state index in [1.54, 1.807) is 6.92 Å². The SMILES string of the molecule is CCOOP(=O)(O)CN. The first-order valence-electron chi connectivity index (χ1n) is 2.45. The molecule has 0 rings (SSSR count). The zero-order chi connectivity index (χ0) is 7.33. The van der Waals surface area contributed by atoms with E-state index in [0.717, 1.165) is 0 Å². The van der Waals surface area contributed by atoms with Crippen LogP contribution in [0.2, 0.25) is 0 Å². The normalized spacial score (nSPS) is 17.2. The lowest BCUT2D eigenvalue weighted by atomic mass is 10.9. The Bertz CT molecular complexity index is 116. The minimum Gasteiger partial charge on any atom is -0.322 e. The van der Waals surface area contributed by atoms with Crippen LogP contribution in [0.4, 0.5) is 0 Å². The second-order valence-corrected chi connectivity index (χ2v) is 3.09. The predicted octanol–water partition coefficient (Wildman–Crippen LogP) is 0.0561. The fourth-order valence-electron chi connectivity index (χ4n) is 0.165. The fourth-order valence-corrected chi connectivity index (χ4v) is 0.496. The molecule has 56 valence electrons. The molecular formula is C3H10NO4P. The van der Waals surface area contributed by atoms with Crippen LogP contribution in [0.25, 0.3) is 0 Å². The molecule has 0 saturated heterocycles. The number of rotatable bonds is 4. The highest BCUT2D eigenvalue weighted by Gasteiger charge is 2.16. The van der Waals surface area contributed by atoms with E-state index >= 15 is 0 Å². The quantitative estimate of drug-likeness (QED) is 0.340. The van der Waals surface area contributed by atoms with Gasteiger partial charge in [0.15, 0.2) is 0 Å². The predicted molar refractivity (Wildman–Crippen MR) is 31.6 cm³/mol. The summed E-state index contributed by atoms with van der Waals surface area (Å²) < 4.78 is 14.4. The monoisotopic (exact) mass is 155 g/mol. The summed E-state index contributed by atoms with van der Waals surface area (Å²) in [6.07, 6.45) is -0.424. The van der Waals surface area contributed by atoms with Crippen molar-refractivity contribution in [2.75, 3.05) is 12.9 Å². The molecule has 0 aromatic rings. The third-order valence-corrected chi connectivity index (χ3v) is 1.32. The highest BCUT2D eigenvalue weighted by atomic mass is 31.2. The van der Waals surface area contributed by atoms with E-state index in [9.17, 15) is 4.57 Å². The Morgan fingerprint density at radius 1 is 1.78 bits per heavy atom. The van der Waals surface area contributed by atoms with Crippen molar-refractivity contribution < 1.29 is 19.0 Å². The van der Waals surface area contributed by atoms with E-state index in [2.05, 4.69) is 9.56 Å². The van der Waals surface area contributed by atoms with Gasteiger partial charge in [0.2, 0.25) is 0 Å². The number of hydrogen-bond donors (Lipinski definition) is 2. The molecule has 3 N–H and O–H groups in total. The summed E-state index contributed by atoms with van der Waals surface area (Å²) in [5.74, 6) is 0. The fraction of sp³-hybridized carbons (Fsp3) is 1.00. The van der Waals surface area contributed by atoms with Gasteiger partial charge in [-0.3, -0.25) is 4.57 Å². The van der Waals surface area contributed by atoms with Crippen LogP contribution in [0.3, 0.4) is 0 Å². The molecular weight excluding hydrogens is 145 g/mol. The van der Waals surface area contributed by atoms with Gasteiger partial charge in [0, 0.05) is 0 Å². The van der Waals surface area contributed by atoms with E-state index in [-0.39, 0.29) is 6.61 Å². The first kappa shape index (κ1) is 9.07. The zero-order valence-corrected chi connectivity index (χ0v) is 6.01. The zero-order valence-electron chi connectivity index (χ0n) is 5.11. The van der Waals surface area contributed by atoms with Gasteiger partial charge in [-0.05, 0) is 6.92 Å². The van der Waals surface area contributed by atoms with Crippen LogP contribution in [0.15, 0.2) is 0 Å². The van der Waals surface area contributed by atoms with Gasteiger partial charge in [-0.1, -0.05) is 0 Å². The summed E-state index contributed by atoms with van der Waals surface area (Å²) in [4.78, 5) is 12.7. The largest absolute Gasteiger partial charge is 0.368 e. The van der Waals surface area contributed by atoms with Crippen molar-refractivity contribution in [3.8, 4) is 0 Å². The number of nitrogens with two attached hydrogens (primary N) is 1. The molecule has 1 atom stereocenters. The van der Waals surface area contributed by atoms with Gasteiger partial charge >= 0.3 is 7.60 Å². The Kier molecular flexibility index (Phi) is 4.01. The van der Waals surface area contributed by atoms with E-state index in [4.69, 9.17) is 10.6 Å². The van der Waals surface area contributed by atoms with Gasteiger partial charge in [0.25, 0.3) is 0 Å². The minimum absolute atomic E-state index is 0.227. The van der Waals surface area contributed by atoms with Crippen molar-refractivity contribution in [2.45, 2.75) is 6.92 Å². The van der Waals surface area contributed by atoms with Crippen LogP contribution < -0.4 is 5.73 Å². The van der Waals surface area contributed by atoms with Gasteiger partial charge in [0.05, 0.1) is 12.9 Å². The highest BCUT2D eigenvalue weighted by molar-refractivity contribution is 7.52. The van der Waals surface area contributed by atoms with Gasteiger partial charge in [0.1, 0.15) is 0 Å². The molecule has 0 aliphatic heterocycles. The molecule has 0 aliphatic carbocycles. The first-order valence-corrected chi connectivity index (χ1v) is 4.21. The maximum absolute atomic E-state index is 10.4. The average molecular weight is 155 g/mol. The van der Waals surface area contributed by atoms with Crippen molar-refractivity contribution in [1.82, 2.24) is 0 Å². The molecule has 0 aromatic heterocycles. The molecule has 0 fully saturated rings. The summed E-state index contributed by atoms with van der Waals surface area (Å²) in [6.45, 7) is 1.86. The van der Waals surface area contributed by atoms with Gasteiger partial charge in [-0.25, -0.2) is 4.89 Å². The molecule has 0 bridgehead atoms. The summed E-state index contributed by atoms with van der Waals surface area (Å²) in [5, 5.41) is 0. The minimum atomic E-state index is -3.63. The molecule has 0 radical (unpaired) electrons. The van der Waals surface area contributed by atoms with Crippen molar-refractivity contribution in [2.24, 2.45) is 5.73 Å². The summed E-state index contributed by atoms with van der Waals surface area (Å²) in [5.41, 5.74) is 4.83. The first-order chi connectivity index (χ1) is 4.12. The lowest BCUT2D eigenvalue weighted by Crippen LogP contribution is -2.03. The van der Waals surface area contributed by atoms with Crippen LogP contribution in [-0.2, 0) is 14.1 Å². The third-order valence-electron chi connectivity index (χ3n) is 0.518. The van der Waals surface area contributed by atoms with Gasteiger partial charge < -0.3 is 10.6 Å². The van der Waals surface area contributed by atoms with Crippen LogP contribution in [0.1, 0.15) is 6.92 Å². The van der Waals surface area contributed by atoms with Crippen LogP contribution in [-0.4, -0.2) is 17.8 Å². The smallest absolute Gasteiger partial charge is 0.322 e. The average Bonchev–Trinajstić information content (AvgIpc) is 1.84. The van der Waals surface area contributed by atoms with Crippen molar-refractivity contribution in [3.05, 3.63) is 0 Å². The molecule has 1 unspecified atom stereocenters. The molecule has 0 amide bonds.